The Labute approximate surface area is 142 Å². The summed E-state index contributed by atoms with van der Waals surface area (Å²) in [6, 6.07) is 15.6. The molecule has 2 aromatic carbocycles. The number of hydrogen-bond acceptors (Lipinski definition) is 4. The maximum absolute atomic E-state index is 12.9. The predicted octanol–water partition coefficient (Wildman–Crippen LogP) is 2.00. The van der Waals surface area contributed by atoms with Gasteiger partial charge in [0.15, 0.2) is 5.78 Å². The normalized spacial score (nSPS) is 21.8. The van der Waals surface area contributed by atoms with Gasteiger partial charge in [0.2, 0.25) is 10.0 Å². The highest BCUT2D eigenvalue weighted by molar-refractivity contribution is 7.89. The third-order valence-corrected chi connectivity index (χ3v) is 6.27. The van der Waals surface area contributed by atoms with E-state index in [1.807, 2.05) is 30.3 Å². The SMILES string of the molecule is CC(=O)c1cccc(S(=O)(=O)N2C[C@@H](N)[C@H](c3ccccc3)C2)c1. The molecule has 6 heteroatoms. The number of nitrogens with zero attached hydrogens (tertiary/aromatic N) is 1. The number of ketones is 1. The molecule has 1 aliphatic rings. The van der Waals surface area contributed by atoms with Crippen LogP contribution in [0.2, 0.25) is 0 Å². The van der Waals surface area contributed by atoms with Gasteiger partial charge >= 0.3 is 0 Å². The first-order valence-corrected chi connectivity index (χ1v) is 9.25. The van der Waals surface area contributed by atoms with Crippen molar-refractivity contribution >= 4 is 15.8 Å². The third-order valence-electron chi connectivity index (χ3n) is 4.44. The highest BCUT2D eigenvalue weighted by atomic mass is 32.2. The van der Waals surface area contributed by atoms with Crippen LogP contribution in [0.25, 0.3) is 0 Å². The zero-order valence-corrected chi connectivity index (χ0v) is 14.2. The Bertz CT molecular complexity index is 850. The lowest BCUT2D eigenvalue weighted by atomic mass is 9.95. The first-order chi connectivity index (χ1) is 11.4. The number of sulfonamides is 1. The summed E-state index contributed by atoms with van der Waals surface area (Å²) < 4.78 is 27.2. The van der Waals surface area contributed by atoms with Gasteiger partial charge in [-0.15, -0.1) is 0 Å². The van der Waals surface area contributed by atoms with Gasteiger partial charge in [-0.05, 0) is 24.6 Å². The standard InChI is InChI=1S/C18H20N2O3S/c1-13(21)15-8-5-9-16(10-15)24(22,23)20-11-17(18(19)12-20)14-6-3-2-4-7-14/h2-10,17-18H,11-12,19H2,1H3/t17-,18+/m0/s1. The van der Waals surface area contributed by atoms with Gasteiger partial charge in [0.05, 0.1) is 4.90 Å². The molecule has 3 rings (SSSR count). The predicted molar refractivity (Wildman–Crippen MR) is 92.4 cm³/mol. The molecule has 1 aliphatic heterocycles. The number of carbonyl (C=O) groups is 1. The first kappa shape index (κ1) is 16.8. The second-order valence-corrected chi connectivity index (χ2v) is 8.03. The smallest absolute Gasteiger partial charge is 0.243 e. The third kappa shape index (κ3) is 3.13. The van der Waals surface area contributed by atoms with E-state index >= 15 is 0 Å². The minimum atomic E-state index is -3.67. The lowest BCUT2D eigenvalue weighted by Crippen LogP contribution is -2.32. The molecule has 0 aromatic heterocycles. The molecule has 0 amide bonds. The quantitative estimate of drug-likeness (QED) is 0.860. The Kier molecular flexibility index (Phi) is 4.54. The minimum Gasteiger partial charge on any atom is -0.326 e. The molecule has 2 aromatic rings. The molecule has 0 unspecified atom stereocenters. The molecular weight excluding hydrogens is 324 g/mol. The van der Waals surface area contributed by atoms with Crippen molar-refractivity contribution in [2.24, 2.45) is 5.73 Å². The maximum atomic E-state index is 12.9. The van der Waals surface area contributed by atoms with Crippen LogP contribution >= 0.6 is 0 Å². The van der Waals surface area contributed by atoms with Gasteiger partial charge in [0.1, 0.15) is 0 Å². The van der Waals surface area contributed by atoms with Crippen LogP contribution in [0.1, 0.15) is 28.8 Å². The molecule has 2 N–H and O–H groups in total. The summed E-state index contributed by atoms with van der Waals surface area (Å²) in [7, 11) is -3.67. The molecule has 0 saturated carbocycles. The molecule has 1 fully saturated rings. The van der Waals surface area contributed by atoms with Crippen LogP contribution in [0.15, 0.2) is 59.5 Å². The van der Waals surface area contributed by atoms with Gasteiger partial charge in [-0.25, -0.2) is 8.42 Å². The van der Waals surface area contributed by atoms with Gasteiger partial charge in [0, 0.05) is 30.6 Å². The Balaban J connectivity index is 1.89. The van der Waals surface area contributed by atoms with E-state index in [9.17, 15) is 13.2 Å². The van der Waals surface area contributed by atoms with Crippen LogP contribution in [0.5, 0.6) is 0 Å². The van der Waals surface area contributed by atoms with E-state index in [-0.39, 0.29) is 29.2 Å². The van der Waals surface area contributed by atoms with E-state index in [0.29, 0.717) is 12.1 Å². The molecule has 2 atom stereocenters. The topological polar surface area (TPSA) is 80.5 Å². The Hall–Kier alpha value is -2.02. The summed E-state index contributed by atoms with van der Waals surface area (Å²) in [6.45, 7) is 2.03. The Morgan fingerprint density at radius 1 is 1.08 bits per heavy atom. The van der Waals surface area contributed by atoms with Gasteiger partial charge in [-0.2, -0.15) is 4.31 Å². The van der Waals surface area contributed by atoms with E-state index in [4.69, 9.17) is 5.73 Å². The van der Waals surface area contributed by atoms with Crippen LogP contribution < -0.4 is 5.73 Å². The van der Waals surface area contributed by atoms with Crippen LogP contribution in [-0.4, -0.2) is 37.6 Å². The maximum Gasteiger partial charge on any atom is 0.243 e. The molecule has 24 heavy (non-hydrogen) atoms. The molecular formula is C18H20N2O3S. The zero-order valence-electron chi connectivity index (χ0n) is 13.4. The van der Waals surface area contributed by atoms with Crippen LogP contribution in [0.4, 0.5) is 0 Å². The van der Waals surface area contributed by atoms with Crippen LogP contribution in [0, 0.1) is 0 Å². The summed E-state index contributed by atoms with van der Waals surface area (Å²) in [6.07, 6.45) is 0. The summed E-state index contributed by atoms with van der Waals surface area (Å²) in [5, 5.41) is 0. The Morgan fingerprint density at radius 3 is 2.46 bits per heavy atom. The molecule has 1 heterocycles. The van der Waals surface area contributed by atoms with Crippen molar-refractivity contribution in [3.8, 4) is 0 Å². The number of nitrogens with two attached hydrogens (primary N) is 1. The number of Topliss-reactive ketones (excluding diaryl/α,β-unsaturated/α-hetero) is 1. The van der Waals surface area contributed by atoms with E-state index < -0.39 is 10.0 Å². The van der Waals surface area contributed by atoms with Crippen molar-refractivity contribution < 1.29 is 13.2 Å². The largest absolute Gasteiger partial charge is 0.326 e. The lowest BCUT2D eigenvalue weighted by molar-refractivity contribution is 0.101. The zero-order chi connectivity index (χ0) is 17.3. The second kappa shape index (κ2) is 6.47. The molecule has 1 saturated heterocycles. The Morgan fingerprint density at radius 2 is 1.79 bits per heavy atom. The molecule has 0 spiro atoms. The number of hydrogen-bond donors (Lipinski definition) is 1. The van der Waals surface area contributed by atoms with E-state index in [1.165, 1.54) is 23.4 Å². The number of benzene rings is 2. The highest BCUT2D eigenvalue weighted by Gasteiger charge is 2.38. The summed E-state index contributed by atoms with van der Waals surface area (Å²) >= 11 is 0. The van der Waals surface area contributed by atoms with Crippen molar-refractivity contribution in [3.05, 3.63) is 65.7 Å². The van der Waals surface area contributed by atoms with Crippen molar-refractivity contribution in [2.45, 2.75) is 23.8 Å². The van der Waals surface area contributed by atoms with Gasteiger partial charge in [-0.3, -0.25) is 4.79 Å². The van der Waals surface area contributed by atoms with Crippen molar-refractivity contribution in [2.75, 3.05) is 13.1 Å². The number of rotatable bonds is 4. The molecule has 0 aliphatic carbocycles. The van der Waals surface area contributed by atoms with Crippen molar-refractivity contribution in [1.82, 2.24) is 4.31 Å². The highest BCUT2D eigenvalue weighted by Crippen LogP contribution is 2.30. The summed E-state index contributed by atoms with van der Waals surface area (Å²) in [4.78, 5) is 11.6. The number of carbonyl (C=O) groups excluding carboxylic acids is 1. The van der Waals surface area contributed by atoms with E-state index in [0.717, 1.165) is 5.56 Å². The molecule has 0 radical (unpaired) electrons. The van der Waals surface area contributed by atoms with E-state index in [2.05, 4.69) is 0 Å². The molecule has 5 nitrogen and oxygen atoms in total. The average molecular weight is 344 g/mol. The first-order valence-electron chi connectivity index (χ1n) is 7.81. The van der Waals surface area contributed by atoms with Crippen LogP contribution in [0.3, 0.4) is 0 Å². The monoisotopic (exact) mass is 344 g/mol. The summed E-state index contributed by atoms with van der Waals surface area (Å²) in [5.41, 5.74) is 7.62. The second-order valence-electron chi connectivity index (χ2n) is 6.09. The summed E-state index contributed by atoms with van der Waals surface area (Å²) in [5.74, 6) is -0.190. The van der Waals surface area contributed by atoms with Gasteiger partial charge in [-0.1, -0.05) is 42.5 Å². The molecule has 126 valence electrons. The van der Waals surface area contributed by atoms with E-state index in [1.54, 1.807) is 12.1 Å². The fourth-order valence-electron chi connectivity index (χ4n) is 3.07. The van der Waals surface area contributed by atoms with Crippen LogP contribution in [-0.2, 0) is 10.0 Å². The fourth-order valence-corrected chi connectivity index (χ4v) is 4.62. The van der Waals surface area contributed by atoms with Crippen molar-refractivity contribution in [1.29, 1.82) is 0 Å². The van der Waals surface area contributed by atoms with Crippen molar-refractivity contribution in [3.63, 3.8) is 0 Å². The lowest BCUT2D eigenvalue weighted by Gasteiger charge is -2.17. The van der Waals surface area contributed by atoms with Gasteiger partial charge < -0.3 is 5.73 Å². The molecule has 0 bridgehead atoms. The minimum absolute atomic E-state index is 0.0306. The fraction of sp³-hybridized carbons (Fsp3) is 0.278. The average Bonchev–Trinajstić information content (AvgIpc) is 2.98. The van der Waals surface area contributed by atoms with Gasteiger partial charge in [0.25, 0.3) is 0 Å².